The van der Waals surface area contributed by atoms with Gasteiger partial charge in [0.1, 0.15) is 11.4 Å². The van der Waals surface area contributed by atoms with Gasteiger partial charge in [0.2, 0.25) is 0 Å². The SMILES string of the molecule is C=CCc1ccc2nc([C@@H]3CCCN3C(=O)OC(C)(C)C)[nH]c2c1. The van der Waals surface area contributed by atoms with E-state index < -0.39 is 5.60 Å². The minimum absolute atomic E-state index is 0.0462. The first-order valence-electron chi connectivity index (χ1n) is 8.46. The number of benzene rings is 1. The molecule has 2 heterocycles. The number of allylic oxidation sites excluding steroid dienone is 1. The zero-order valence-electron chi connectivity index (χ0n) is 14.6. The van der Waals surface area contributed by atoms with Gasteiger partial charge >= 0.3 is 6.09 Å². The maximum atomic E-state index is 12.5. The molecule has 0 bridgehead atoms. The molecular weight excluding hydrogens is 302 g/mol. The second-order valence-electron chi connectivity index (χ2n) is 7.30. The lowest BCUT2D eigenvalue weighted by atomic mass is 10.1. The van der Waals surface area contributed by atoms with E-state index in [1.807, 2.05) is 32.9 Å². The highest BCUT2D eigenvalue weighted by Crippen LogP contribution is 2.32. The van der Waals surface area contributed by atoms with E-state index in [1.54, 1.807) is 4.90 Å². The molecule has 1 amide bonds. The van der Waals surface area contributed by atoms with Crippen molar-refractivity contribution in [1.82, 2.24) is 14.9 Å². The number of carbonyl (C=O) groups excluding carboxylic acids is 1. The maximum Gasteiger partial charge on any atom is 0.410 e. The second-order valence-corrected chi connectivity index (χ2v) is 7.30. The highest BCUT2D eigenvalue weighted by atomic mass is 16.6. The van der Waals surface area contributed by atoms with Gasteiger partial charge in [-0.25, -0.2) is 9.78 Å². The minimum atomic E-state index is -0.488. The van der Waals surface area contributed by atoms with Crippen molar-refractivity contribution in [3.63, 3.8) is 0 Å². The van der Waals surface area contributed by atoms with Crippen LogP contribution in [0.25, 0.3) is 11.0 Å². The number of rotatable bonds is 3. The van der Waals surface area contributed by atoms with Crippen LogP contribution in [0.1, 0.15) is 51.0 Å². The first-order chi connectivity index (χ1) is 11.4. The van der Waals surface area contributed by atoms with Crippen molar-refractivity contribution in [1.29, 1.82) is 0 Å². The molecule has 0 aliphatic carbocycles. The van der Waals surface area contributed by atoms with Gasteiger partial charge in [0.05, 0.1) is 17.1 Å². The van der Waals surface area contributed by atoms with Crippen LogP contribution in [0.3, 0.4) is 0 Å². The number of aromatic nitrogens is 2. The van der Waals surface area contributed by atoms with Gasteiger partial charge in [-0.15, -0.1) is 6.58 Å². The molecule has 1 aliphatic rings. The molecule has 5 heteroatoms. The summed E-state index contributed by atoms with van der Waals surface area (Å²) in [4.78, 5) is 22.3. The van der Waals surface area contributed by atoms with E-state index in [9.17, 15) is 4.79 Å². The Morgan fingerprint density at radius 2 is 2.29 bits per heavy atom. The number of nitrogens with zero attached hydrogens (tertiary/aromatic N) is 2. The topological polar surface area (TPSA) is 58.2 Å². The number of hydrogen-bond donors (Lipinski definition) is 1. The normalized spacial score (nSPS) is 18.1. The molecule has 1 aromatic carbocycles. The second kappa shape index (κ2) is 6.30. The van der Waals surface area contributed by atoms with E-state index in [1.165, 1.54) is 5.56 Å². The lowest BCUT2D eigenvalue weighted by molar-refractivity contribution is 0.0219. The fraction of sp³-hybridized carbons (Fsp3) is 0.474. The summed E-state index contributed by atoms with van der Waals surface area (Å²) in [6, 6.07) is 6.13. The Morgan fingerprint density at radius 1 is 1.50 bits per heavy atom. The zero-order valence-corrected chi connectivity index (χ0v) is 14.6. The van der Waals surface area contributed by atoms with Gasteiger partial charge in [-0.1, -0.05) is 12.1 Å². The predicted molar refractivity (Wildman–Crippen MR) is 94.9 cm³/mol. The largest absolute Gasteiger partial charge is 0.444 e. The van der Waals surface area contributed by atoms with Crippen LogP contribution < -0.4 is 0 Å². The Morgan fingerprint density at radius 3 is 3.00 bits per heavy atom. The fourth-order valence-electron chi connectivity index (χ4n) is 3.12. The third-order valence-corrected chi connectivity index (χ3v) is 4.14. The van der Waals surface area contributed by atoms with Crippen molar-refractivity contribution >= 4 is 17.1 Å². The summed E-state index contributed by atoms with van der Waals surface area (Å²) in [6.07, 6.45) is 4.32. The van der Waals surface area contributed by atoms with E-state index in [2.05, 4.69) is 23.7 Å². The van der Waals surface area contributed by atoms with Crippen LogP contribution in [0, 0.1) is 0 Å². The van der Waals surface area contributed by atoms with Crippen molar-refractivity contribution in [3.8, 4) is 0 Å². The van der Waals surface area contributed by atoms with Gasteiger partial charge in [-0.3, -0.25) is 4.90 Å². The summed E-state index contributed by atoms with van der Waals surface area (Å²) >= 11 is 0. The maximum absolute atomic E-state index is 12.5. The van der Waals surface area contributed by atoms with E-state index in [0.29, 0.717) is 6.54 Å². The van der Waals surface area contributed by atoms with Crippen LogP contribution in [-0.4, -0.2) is 33.1 Å². The molecular formula is C19H25N3O2. The quantitative estimate of drug-likeness (QED) is 0.852. The molecule has 1 aromatic heterocycles. The molecule has 5 nitrogen and oxygen atoms in total. The molecule has 1 N–H and O–H groups in total. The van der Waals surface area contributed by atoms with E-state index in [4.69, 9.17) is 9.72 Å². The summed E-state index contributed by atoms with van der Waals surface area (Å²) in [6.45, 7) is 10.1. The van der Waals surface area contributed by atoms with Gasteiger partial charge in [0.25, 0.3) is 0 Å². The molecule has 3 rings (SSSR count). The minimum Gasteiger partial charge on any atom is -0.444 e. The number of ether oxygens (including phenoxy) is 1. The van der Waals surface area contributed by atoms with Gasteiger partial charge in [-0.2, -0.15) is 0 Å². The van der Waals surface area contributed by atoms with Crippen LogP contribution in [0.5, 0.6) is 0 Å². The molecule has 1 saturated heterocycles. The number of aromatic amines is 1. The highest BCUT2D eigenvalue weighted by Gasteiger charge is 2.34. The summed E-state index contributed by atoms with van der Waals surface area (Å²) < 4.78 is 5.53. The Bertz CT molecular complexity index is 758. The zero-order chi connectivity index (χ0) is 17.3. The van der Waals surface area contributed by atoms with Crippen LogP contribution in [0.2, 0.25) is 0 Å². The van der Waals surface area contributed by atoms with E-state index in [0.717, 1.165) is 36.1 Å². The molecule has 1 fully saturated rings. The number of H-pyrrole nitrogens is 1. The first-order valence-corrected chi connectivity index (χ1v) is 8.46. The number of fused-ring (bicyclic) bond motifs is 1. The van der Waals surface area contributed by atoms with Crippen LogP contribution >= 0.6 is 0 Å². The van der Waals surface area contributed by atoms with Gasteiger partial charge in [0.15, 0.2) is 0 Å². The predicted octanol–water partition coefficient (Wildman–Crippen LogP) is 4.36. The summed E-state index contributed by atoms with van der Waals surface area (Å²) in [7, 11) is 0. The Hall–Kier alpha value is -2.30. The van der Waals surface area contributed by atoms with Crippen molar-refractivity contribution in [2.75, 3.05) is 6.54 Å². The number of imidazole rings is 1. The Kier molecular flexibility index (Phi) is 4.35. The average Bonchev–Trinajstić information content (AvgIpc) is 3.11. The smallest absolute Gasteiger partial charge is 0.410 e. The lowest BCUT2D eigenvalue weighted by Crippen LogP contribution is -2.36. The van der Waals surface area contributed by atoms with Crippen molar-refractivity contribution in [3.05, 3.63) is 42.2 Å². The lowest BCUT2D eigenvalue weighted by Gasteiger charge is -2.27. The molecule has 128 valence electrons. The highest BCUT2D eigenvalue weighted by molar-refractivity contribution is 5.76. The molecule has 0 spiro atoms. The summed E-state index contributed by atoms with van der Waals surface area (Å²) in [5.74, 6) is 0.837. The molecule has 24 heavy (non-hydrogen) atoms. The van der Waals surface area contributed by atoms with E-state index >= 15 is 0 Å². The first kappa shape index (κ1) is 16.6. The Labute approximate surface area is 142 Å². The molecule has 1 atom stereocenters. The van der Waals surface area contributed by atoms with Crippen molar-refractivity contribution in [2.45, 2.75) is 51.7 Å². The van der Waals surface area contributed by atoms with Crippen LogP contribution in [-0.2, 0) is 11.2 Å². The van der Waals surface area contributed by atoms with Crippen molar-refractivity contribution < 1.29 is 9.53 Å². The third-order valence-electron chi connectivity index (χ3n) is 4.14. The molecule has 0 radical (unpaired) electrons. The average molecular weight is 327 g/mol. The van der Waals surface area contributed by atoms with Gasteiger partial charge in [-0.05, 0) is 57.7 Å². The number of amides is 1. The molecule has 1 aliphatic heterocycles. The number of carbonyl (C=O) groups is 1. The molecule has 2 aromatic rings. The molecule has 0 saturated carbocycles. The van der Waals surface area contributed by atoms with Gasteiger partial charge in [0, 0.05) is 6.54 Å². The van der Waals surface area contributed by atoms with Crippen molar-refractivity contribution in [2.24, 2.45) is 0 Å². The number of likely N-dealkylation sites (tertiary alicyclic amines) is 1. The number of nitrogens with one attached hydrogen (secondary N) is 1. The fourth-order valence-corrected chi connectivity index (χ4v) is 3.12. The molecule has 0 unspecified atom stereocenters. The monoisotopic (exact) mass is 327 g/mol. The van der Waals surface area contributed by atoms with E-state index in [-0.39, 0.29) is 12.1 Å². The summed E-state index contributed by atoms with van der Waals surface area (Å²) in [5, 5.41) is 0. The standard InChI is InChI=1S/C19H25N3O2/c1-5-7-13-9-10-14-15(12-13)21-17(20-14)16-8-6-11-22(16)18(23)24-19(2,3)4/h5,9-10,12,16H,1,6-8,11H2,2-4H3,(H,20,21)/t16-/m0/s1. The van der Waals surface area contributed by atoms with Crippen LogP contribution in [0.15, 0.2) is 30.9 Å². The van der Waals surface area contributed by atoms with Gasteiger partial charge < -0.3 is 9.72 Å². The number of hydrogen-bond acceptors (Lipinski definition) is 3. The van der Waals surface area contributed by atoms with Crippen LogP contribution in [0.4, 0.5) is 4.79 Å². The Balaban J connectivity index is 1.85. The third kappa shape index (κ3) is 3.45. The summed E-state index contributed by atoms with van der Waals surface area (Å²) in [5.41, 5.74) is 2.63.